The molecule has 2 aromatic heterocycles. The molecule has 1 N–H and O–H groups in total. The fourth-order valence-electron chi connectivity index (χ4n) is 1.26. The number of nitrogens with one attached hydrogen (secondary N) is 1. The first-order chi connectivity index (χ1) is 7.34. The molecule has 2 rings (SSSR count). The Morgan fingerprint density at radius 3 is 2.80 bits per heavy atom. The minimum absolute atomic E-state index is 0.728. The number of aryl methyl sites for hydroxylation is 1. The molecule has 0 bridgehead atoms. The van der Waals surface area contributed by atoms with Crippen molar-refractivity contribution in [2.75, 3.05) is 5.32 Å². The molecule has 15 heavy (non-hydrogen) atoms. The zero-order chi connectivity index (χ0) is 10.5. The van der Waals surface area contributed by atoms with Crippen LogP contribution in [0.5, 0.6) is 0 Å². The summed E-state index contributed by atoms with van der Waals surface area (Å²) in [6.07, 6.45) is 5.43. The predicted molar refractivity (Wildman–Crippen MR) is 60.5 cm³/mol. The van der Waals surface area contributed by atoms with Crippen molar-refractivity contribution in [2.24, 2.45) is 0 Å². The van der Waals surface area contributed by atoms with E-state index in [2.05, 4.69) is 21.4 Å². The number of anilines is 1. The van der Waals surface area contributed by atoms with Gasteiger partial charge >= 0.3 is 0 Å². The molecular formula is C12H13N3. The lowest BCUT2D eigenvalue weighted by molar-refractivity contribution is 1.03. The fourth-order valence-corrected chi connectivity index (χ4v) is 1.26. The number of rotatable bonds is 3. The fraction of sp³-hybridized carbons (Fsp3) is 0.167. The third kappa shape index (κ3) is 2.77. The van der Waals surface area contributed by atoms with Crippen molar-refractivity contribution in [3.05, 3.63) is 54.1 Å². The molecule has 2 aromatic rings. The maximum absolute atomic E-state index is 4.31. The van der Waals surface area contributed by atoms with E-state index < -0.39 is 0 Å². The SMILES string of the molecule is Cc1ccc(CNc2cccnc2)nc1. The molecule has 0 radical (unpaired) electrons. The molecule has 0 atom stereocenters. The molecule has 0 aliphatic rings. The standard InChI is InChI=1S/C12H13N3/c1-10-4-5-12(14-7-10)9-15-11-3-2-6-13-8-11/h2-8,15H,9H2,1H3. The molecule has 0 saturated carbocycles. The molecule has 0 aliphatic carbocycles. The maximum atomic E-state index is 4.31. The second kappa shape index (κ2) is 4.55. The Morgan fingerprint density at radius 2 is 2.13 bits per heavy atom. The van der Waals surface area contributed by atoms with Crippen LogP contribution in [0.4, 0.5) is 5.69 Å². The van der Waals surface area contributed by atoms with Crippen LogP contribution >= 0.6 is 0 Å². The Bertz CT molecular complexity index is 409. The molecule has 0 amide bonds. The molecule has 0 aromatic carbocycles. The number of nitrogens with zero attached hydrogens (tertiary/aromatic N) is 2. The van der Waals surface area contributed by atoms with Crippen LogP contribution in [0.15, 0.2) is 42.9 Å². The normalized spacial score (nSPS) is 9.93. The Kier molecular flexibility index (Phi) is 2.93. The highest BCUT2D eigenvalue weighted by molar-refractivity contribution is 5.39. The summed E-state index contributed by atoms with van der Waals surface area (Å²) in [5, 5.41) is 3.26. The van der Waals surface area contributed by atoms with Gasteiger partial charge in [-0.25, -0.2) is 0 Å². The molecule has 0 saturated heterocycles. The number of pyridine rings is 2. The molecule has 0 spiro atoms. The smallest absolute Gasteiger partial charge is 0.0594 e. The Labute approximate surface area is 89.2 Å². The third-order valence-electron chi connectivity index (χ3n) is 2.11. The van der Waals surface area contributed by atoms with Gasteiger partial charge in [-0.1, -0.05) is 6.07 Å². The van der Waals surface area contributed by atoms with Crippen molar-refractivity contribution in [1.82, 2.24) is 9.97 Å². The largest absolute Gasteiger partial charge is 0.378 e. The lowest BCUT2D eigenvalue weighted by Crippen LogP contribution is -2.01. The lowest BCUT2D eigenvalue weighted by atomic mass is 10.3. The predicted octanol–water partition coefficient (Wildman–Crippen LogP) is 2.40. The van der Waals surface area contributed by atoms with Gasteiger partial charge in [-0.15, -0.1) is 0 Å². The van der Waals surface area contributed by atoms with Crippen molar-refractivity contribution in [2.45, 2.75) is 13.5 Å². The van der Waals surface area contributed by atoms with E-state index in [0.29, 0.717) is 0 Å². The van der Waals surface area contributed by atoms with E-state index in [1.54, 1.807) is 12.4 Å². The number of hydrogen-bond acceptors (Lipinski definition) is 3. The summed E-state index contributed by atoms with van der Waals surface area (Å²) < 4.78 is 0. The summed E-state index contributed by atoms with van der Waals surface area (Å²) in [4.78, 5) is 8.34. The van der Waals surface area contributed by atoms with Gasteiger partial charge in [0.15, 0.2) is 0 Å². The van der Waals surface area contributed by atoms with Crippen LogP contribution in [-0.4, -0.2) is 9.97 Å². The topological polar surface area (TPSA) is 37.8 Å². The van der Waals surface area contributed by atoms with Crippen molar-refractivity contribution in [3.63, 3.8) is 0 Å². The van der Waals surface area contributed by atoms with E-state index in [-0.39, 0.29) is 0 Å². The van der Waals surface area contributed by atoms with Gasteiger partial charge in [0.1, 0.15) is 0 Å². The van der Waals surface area contributed by atoms with Gasteiger partial charge in [0.05, 0.1) is 17.9 Å². The minimum atomic E-state index is 0.728. The second-order valence-corrected chi connectivity index (χ2v) is 3.42. The summed E-state index contributed by atoms with van der Waals surface area (Å²) in [5.74, 6) is 0. The first-order valence-corrected chi connectivity index (χ1v) is 4.90. The van der Waals surface area contributed by atoms with Gasteiger partial charge < -0.3 is 5.32 Å². The van der Waals surface area contributed by atoms with Crippen LogP contribution < -0.4 is 5.32 Å². The molecule has 0 fully saturated rings. The minimum Gasteiger partial charge on any atom is -0.378 e. The van der Waals surface area contributed by atoms with Gasteiger partial charge in [-0.3, -0.25) is 9.97 Å². The highest BCUT2D eigenvalue weighted by Gasteiger charge is 1.94. The van der Waals surface area contributed by atoms with Crippen LogP contribution in [0.25, 0.3) is 0 Å². The van der Waals surface area contributed by atoms with Gasteiger partial charge in [-0.05, 0) is 30.7 Å². The average Bonchev–Trinajstić information content (AvgIpc) is 2.30. The molecule has 2 heterocycles. The van der Waals surface area contributed by atoms with E-state index in [1.807, 2.05) is 31.3 Å². The van der Waals surface area contributed by atoms with Gasteiger partial charge in [0, 0.05) is 18.6 Å². The Balaban J connectivity index is 1.96. The van der Waals surface area contributed by atoms with E-state index >= 15 is 0 Å². The summed E-state index contributed by atoms with van der Waals surface area (Å²) in [6.45, 7) is 2.76. The van der Waals surface area contributed by atoms with Crippen molar-refractivity contribution >= 4 is 5.69 Å². The quantitative estimate of drug-likeness (QED) is 0.824. The average molecular weight is 199 g/mol. The van der Waals surface area contributed by atoms with Crippen LogP contribution in [-0.2, 0) is 6.54 Å². The molecule has 0 aliphatic heterocycles. The summed E-state index contributed by atoms with van der Waals surface area (Å²) in [6, 6.07) is 7.98. The van der Waals surface area contributed by atoms with E-state index in [1.165, 1.54) is 5.56 Å². The van der Waals surface area contributed by atoms with E-state index in [9.17, 15) is 0 Å². The number of hydrogen-bond donors (Lipinski definition) is 1. The first kappa shape index (κ1) is 9.65. The monoisotopic (exact) mass is 199 g/mol. The zero-order valence-electron chi connectivity index (χ0n) is 8.64. The highest BCUT2D eigenvalue weighted by atomic mass is 14.9. The van der Waals surface area contributed by atoms with Crippen LogP contribution in [0.2, 0.25) is 0 Å². The molecular weight excluding hydrogens is 186 g/mol. The molecule has 3 nitrogen and oxygen atoms in total. The zero-order valence-corrected chi connectivity index (χ0v) is 8.64. The summed E-state index contributed by atoms with van der Waals surface area (Å²) in [7, 11) is 0. The lowest BCUT2D eigenvalue weighted by Gasteiger charge is -2.04. The maximum Gasteiger partial charge on any atom is 0.0594 e. The Hall–Kier alpha value is -1.90. The molecule has 3 heteroatoms. The number of aromatic nitrogens is 2. The Morgan fingerprint density at radius 1 is 1.20 bits per heavy atom. The van der Waals surface area contributed by atoms with Gasteiger partial charge in [0.2, 0.25) is 0 Å². The van der Waals surface area contributed by atoms with E-state index in [0.717, 1.165) is 17.9 Å². The van der Waals surface area contributed by atoms with Crippen LogP contribution in [0, 0.1) is 6.92 Å². The van der Waals surface area contributed by atoms with Crippen molar-refractivity contribution < 1.29 is 0 Å². The molecule has 0 unspecified atom stereocenters. The highest BCUT2D eigenvalue weighted by Crippen LogP contribution is 2.05. The first-order valence-electron chi connectivity index (χ1n) is 4.90. The van der Waals surface area contributed by atoms with Gasteiger partial charge in [0.25, 0.3) is 0 Å². The summed E-state index contributed by atoms with van der Waals surface area (Å²) in [5.41, 5.74) is 3.23. The van der Waals surface area contributed by atoms with Crippen molar-refractivity contribution in [3.8, 4) is 0 Å². The van der Waals surface area contributed by atoms with E-state index in [4.69, 9.17) is 0 Å². The van der Waals surface area contributed by atoms with Gasteiger partial charge in [-0.2, -0.15) is 0 Å². The van der Waals surface area contributed by atoms with Crippen LogP contribution in [0.3, 0.4) is 0 Å². The van der Waals surface area contributed by atoms with Crippen LogP contribution in [0.1, 0.15) is 11.3 Å². The molecule has 76 valence electrons. The van der Waals surface area contributed by atoms with Crippen molar-refractivity contribution in [1.29, 1.82) is 0 Å². The summed E-state index contributed by atoms with van der Waals surface area (Å²) >= 11 is 0. The third-order valence-corrected chi connectivity index (χ3v) is 2.11. The second-order valence-electron chi connectivity index (χ2n) is 3.42.